The van der Waals surface area contributed by atoms with Crippen LogP contribution in [0.4, 0.5) is 14.9 Å². The number of hydrogen-bond acceptors (Lipinski definition) is 7. The highest BCUT2D eigenvalue weighted by molar-refractivity contribution is 5.90. The first kappa shape index (κ1) is 23.5. The largest absolute Gasteiger partial charge is 0.507 e. The normalized spacial score (nSPS) is 19.0. The number of phenols is 1. The molecule has 2 amide bonds. The first-order valence-corrected chi connectivity index (χ1v) is 11.1. The number of piperazine rings is 1. The van der Waals surface area contributed by atoms with E-state index in [2.05, 4.69) is 22.4 Å². The Bertz CT molecular complexity index is 1100. The van der Waals surface area contributed by atoms with Crippen molar-refractivity contribution in [1.82, 2.24) is 15.2 Å². The summed E-state index contributed by atoms with van der Waals surface area (Å²) in [6, 6.07) is 9.36. The molecule has 180 valence electrons. The van der Waals surface area contributed by atoms with Crippen molar-refractivity contribution >= 4 is 23.9 Å². The Morgan fingerprint density at radius 3 is 2.68 bits per heavy atom. The fraction of sp³-hybridized carbons (Fsp3) is 0.375. The number of carbonyl (C=O) groups excluding carboxylic acids is 2. The Labute approximate surface area is 197 Å². The molecule has 34 heavy (non-hydrogen) atoms. The van der Waals surface area contributed by atoms with Crippen LogP contribution in [-0.4, -0.2) is 85.7 Å². The smallest absolute Gasteiger partial charge is 0.414 e. The number of benzene rings is 2. The second kappa shape index (κ2) is 10.1. The number of ether oxygens (including phenoxy) is 1. The summed E-state index contributed by atoms with van der Waals surface area (Å²) in [5, 5.41) is 19.5. The number of carbonyl (C=O) groups is 2. The molecular weight excluding hydrogens is 441 g/mol. The first-order chi connectivity index (χ1) is 16.3. The van der Waals surface area contributed by atoms with E-state index in [-0.39, 0.29) is 24.7 Å². The van der Waals surface area contributed by atoms with Gasteiger partial charge in [-0.15, -0.1) is 0 Å². The zero-order valence-corrected chi connectivity index (χ0v) is 19.2. The van der Waals surface area contributed by atoms with Gasteiger partial charge in [-0.2, -0.15) is 5.10 Å². The molecule has 4 rings (SSSR count). The number of nitrogens with zero attached hydrogens (tertiary/aromatic N) is 4. The van der Waals surface area contributed by atoms with E-state index in [1.165, 1.54) is 24.0 Å². The third-order valence-electron chi connectivity index (χ3n) is 5.90. The van der Waals surface area contributed by atoms with E-state index in [1.807, 2.05) is 5.01 Å². The number of cyclic esters (lactones) is 1. The van der Waals surface area contributed by atoms with E-state index in [9.17, 15) is 19.1 Å². The van der Waals surface area contributed by atoms with Crippen molar-refractivity contribution in [3.8, 4) is 16.9 Å². The second-order valence-corrected chi connectivity index (χ2v) is 8.49. The molecule has 0 radical (unpaired) electrons. The summed E-state index contributed by atoms with van der Waals surface area (Å²) >= 11 is 0. The van der Waals surface area contributed by atoms with Crippen LogP contribution in [0.15, 0.2) is 41.5 Å². The van der Waals surface area contributed by atoms with Gasteiger partial charge in [-0.3, -0.25) is 14.7 Å². The first-order valence-electron chi connectivity index (χ1n) is 11.1. The molecule has 10 heteroatoms. The van der Waals surface area contributed by atoms with Crippen LogP contribution in [0.1, 0.15) is 12.5 Å². The molecule has 2 heterocycles. The molecule has 0 bridgehead atoms. The number of rotatable bonds is 6. The standard InChI is InChI=1S/C24H28FN5O4/c1-16(31)26-14-20-15-30(24(33)34-20)19-5-6-21(22(25)12-19)17-3-4-18(23(32)11-17)13-27-29-9-7-28(2)8-10-29/h3-6,11-13,20,32H,7-10,14-15H2,1-2H3,(H,26,31)/b27-13+/t20-/m0/s1. The molecule has 2 N–H and O–H groups in total. The van der Waals surface area contributed by atoms with Crippen molar-refractivity contribution in [1.29, 1.82) is 0 Å². The summed E-state index contributed by atoms with van der Waals surface area (Å²) in [6.07, 6.45) is 0.514. The molecule has 0 aromatic heterocycles. The highest BCUT2D eigenvalue weighted by Crippen LogP contribution is 2.31. The van der Waals surface area contributed by atoms with E-state index in [4.69, 9.17) is 4.74 Å². The lowest BCUT2D eigenvalue weighted by Crippen LogP contribution is -2.41. The quantitative estimate of drug-likeness (QED) is 0.630. The maximum absolute atomic E-state index is 15.0. The summed E-state index contributed by atoms with van der Waals surface area (Å²) in [5.41, 5.74) is 1.70. The molecular formula is C24H28FN5O4. The molecule has 2 aliphatic heterocycles. The molecule has 2 aliphatic rings. The van der Waals surface area contributed by atoms with Crippen LogP contribution in [0, 0.1) is 5.82 Å². The van der Waals surface area contributed by atoms with E-state index in [1.54, 1.807) is 30.5 Å². The second-order valence-electron chi connectivity index (χ2n) is 8.49. The molecule has 0 saturated carbocycles. The zero-order chi connectivity index (χ0) is 24.2. The van der Waals surface area contributed by atoms with Crippen LogP contribution >= 0.6 is 0 Å². The van der Waals surface area contributed by atoms with Gasteiger partial charge in [-0.1, -0.05) is 6.07 Å². The summed E-state index contributed by atoms with van der Waals surface area (Å²) in [5.74, 6) is -0.749. The lowest BCUT2D eigenvalue weighted by atomic mass is 10.0. The van der Waals surface area contributed by atoms with Crippen LogP contribution in [0.5, 0.6) is 5.75 Å². The Morgan fingerprint density at radius 2 is 2.00 bits per heavy atom. The number of halogens is 1. The molecule has 2 saturated heterocycles. The summed E-state index contributed by atoms with van der Waals surface area (Å²) in [7, 11) is 2.07. The van der Waals surface area contributed by atoms with Gasteiger partial charge in [-0.05, 0) is 42.9 Å². The van der Waals surface area contributed by atoms with E-state index < -0.39 is 18.0 Å². The minimum atomic E-state index is -0.593. The monoisotopic (exact) mass is 469 g/mol. The predicted octanol–water partition coefficient (Wildman–Crippen LogP) is 2.24. The van der Waals surface area contributed by atoms with Gasteiger partial charge in [0, 0.05) is 44.2 Å². The van der Waals surface area contributed by atoms with Crippen molar-refractivity contribution in [2.24, 2.45) is 5.10 Å². The third-order valence-corrected chi connectivity index (χ3v) is 5.90. The average Bonchev–Trinajstić information content (AvgIpc) is 3.18. The molecule has 0 unspecified atom stereocenters. The van der Waals surface area contributed by atoms with Gasteiger partial charge in [0.2, 0.25) is 5.91 Å². The van der Waals surface area contributed by atoms with Gasteiger partial charge in [0.05, 0.1) is 25.0 Å². The van der Waals surface area contributed by atoms with Crippen LogP contribution in [0.25, 0.3) is 11.1 Å². The minimum Gasteiger partial charge on any atom is -0.507 e. The minimum absolute atomic E-state index is 0.00258. The van der Waals surface area contributed by atoms with Crippen LogP contribution in [0.2, 0.25) is 0 Å². The summed E-state index contributed by atoms with van der Waals surface area (Å²) < 4.78 is 20.2. The SMILES string of the molecule is CC(=O)NC[C@H]1CN(c2ccc(-c3ccc(/C=N/N4CCN(C)CC4)c(O)c3)c(F)c2)C(=O)O1. The highest BCUT2D eigenvalue weighted by Gasteiger charge is 2.32. The molecule has 1 atom stereocenters. The van der Waals surface area contributed by atoms with Crippen LogP contribution in [0.3, 0.4) is 0 Å². The molecule has 9 nitrogen and oxygen atoms in total. The Hall–Kier alpha value is -3.66. The Morgan fingerprint density at radius 1 is 1.24 bits per heavy atom. The third kappa shape index (κ3) is 5.45. The van der Waals surface area contributed by atoms with Crippen LogP contribution in [-0.2, 0) is 9.53 Å². The number of amides is 2. The van der Waals surface area contributed by atoms with Gasteiger partial charge in [0.1, 0.15) is 17.7 Å². The van der Waals surface area contributed by atoms with Gasteiger partial charge in [-0.25, -0.2) is 9.18 Å². The number of hydrazone groups is 1. The fourth-order valence-corrected chi connectivity index (χ4v) is 3.88. The van der Waals surface area contributed by atoms with Gasteiger partial charge in [0.15, 0.2) is 0 Å². The van der Waals surface area contributed by atoms with Crippen molar-refractivity contribution < 1.29 is 23.8 Å². The number of nitrogens with one attached hydrogen (secondary N) is 1. The van der Waals surface area contributed by atoms with E-state index in [0.717, 1.165) is 26.2 Å². The van der Waals surface area contributed by atoms with Gasteiger partial charge >= 0.3 is 6.09 Å². The Balaban J connectivity index is 1.45. The molecule has 2 aromatic rings. The number of phenolic OH excluding ortho intramolecular Hbond substituents is 1. The lowest BCUT2D eigenvalue weighted by molar-refractivity contribution is -0.119. The maximum Gasteiger partial charge on any atom is 0.414 e. The summed E-state index contributed by atoms with van der Waals surface area (Å²) in [4.78, 5) is 26.8. The van der Waals surface area contributed by atoms with Crippen molar-refractivity contribution in [2.75, 3.05) is 51.2 Å². The van der Waals surface area contributed by atoms with E-state index >= 15 is 0 Å². The van der Waals surface area contributed by atoms with Gasteiger partial charge < -0.3 is 20.1 Å². The van der Waals surface area contributed by atoms with E-state index in [0.29, 0.717) is 22.4 Å². The van der Waals surface area contributed by atoms with Gasteiger partial charge in [0.25, 0.3) is 0 Å². The number of aromatic hydroxyl groups is 1. The topological polar surface area (TPSA) is 97.7 Å². The zero-order valence-electron chi connectivity index (χ0n) is 19.2. The molecule has 2 aromatic carbocycles. The van der Waals surface area contributed by atoms with Crippen molar-refractivity contribution in [2.45, 2.75) is 13.0 Å². The predicted molar refractivity (Wildman–Crippen MR) is 126 cm³/mol. The van der Waals surface area contributed by atoms with Crippen molar-refractivity contribution in [3.05, 3.63) is 47.8 Å². The summed E-state index contributed by atoms with van der Waals surface area (Å²) in [6.45, 7) is 5.30. The number of hydrogen-bond donors (Lipinski definition) is 2. The Kier molecular flexibility index (Phi) is 6.97. The molecule has 0 spiro atoms. The average molecular weight is 470 g/mol. The number of anilines is 1. The van der Waals surface area contributed by atoms with Crippen LogP contribution < -0.4 is 10.2 Å². The molecule has 2 fully saturated rings. The number of likely N-dealkylation sites (N-methyl/N-ethyl adjacent to an activating group) is 1. The molecule has 0 aliphatic carbocycles. The lowest BCUT2D eigenvalue weighted by Gasteiger charge is -2.30. The highest BCUT2D eigenvalue weighted by atomic mass is 19.1. The van der Waals surface area contributed by atoms with Crippen molar-refractivity contribution in [3.63, 3.8) is 0 Å². The fourth-order valence-electron chi connectivity index (χ4n) is 3.88. The maximum atomic E-state index is 15.0.